The maximum absolute atomic E-state index is 10.7. The van der Waals surface area contributed by atoms with Crippen molar-refractivity contribution in [1.29, 1.82) is 0 Å². The number of aliphatic hydroxyl groups is 1. The van der Waals surface area contributed by atoms with Crippen molar-refractivity contribution < 1.29 is 5.11 Å². The average Bonchev–Trinajstić information content (AvgIpc) is 3.78. The molecule has 2 aromatic carbocycles. The van der Waals surface area contributed by atoms with Crippen LogP contribution < -0.4 is 15.1 Å². The number of imidazole rings is 1. The SMILES string of the molecule is CCN(CC)c1ccc(Nc2nc(-c3cccc(N4CCc5cc(C6CC6)ccc5C4)c3CO)cn3ccnc23)cn1. The number of aliphatic hydroxyl groups excluding tert-OH is 1. The van der Waals surface area contributed by atoms with Gasteiger partial charge in [0.25, 0.3) is 0 Å². The molecule has 0 radical (unpaired) electrons. The normalized spacial score (nSPS) is 14.7. The number of hydrogen-bond acceptors (Lipinski definition) is 7. The second kappa shape index (κ2) is 11.1. The second-order valence-corrected chi connectivity index (χ2v) is 11.3. The highest BCUT2D eigenvalue weighted by Crippen LogP contribution is 2.41. The average molecular weight is 560 g/mol. The largest absolute Gasteiger partial charge is 0.392 e. The van der Waals surface area contributed by atoms with Crippen LogP contribution in [0.4, 0.5) is 23.0 Å². The van der Waals surface area contributed by atoms with E-state index in [2.05, 4.69) is 69.3 Å². The van der Waals surface area contributed by atoms with Crippen LogP contribution in [0.2, 0.25) is 0 Å². The monoisotopic (exact) mass is 559 g/mol. The van der Waals surface area contributed by atoms with E-state index in [9.17, 15) is 5.11 Å². The van der Waals surface area contributed by atoms with Gasteiger partial charge in [-0.1, -0.05) is 30.3 Å². The summed E-state index contributed by atoms with van der Waals surface area (Å²) in [5, 5.41) is 14.1. The number of hydrogen-bond donors (Lipinski definition) is 2. The number of aromatic nitrogens is 4. The van der Waals surface area contributed by atoms with Crippen LogP contribution in [0.5, 0.6) is 0 Å². The predicted octanol–water partition coefficient (Wildman–Crippen LogP) is 6.31. The first kappa shape index (κ1) is 26.5. The van der Waals surface area contributed by atoms with E-state index >= 15 is 0 Å². The molecule has 0 bridgehead atoms. The van der Waals surface area contributed by atoms with Gasteiger partial charge < -0.3 is 24.6 Å². The van der Waals surface area contributed by atoms with Crippen LogP contribution in [0, 0.1) is 0 Å². The van der Waals surface area contributed by atoms with Crippen molar-refractivity contribution >= 4 is 28.7 Å². The Labute approximate surface area is 246 Å². The molecule has 1 fully saturated rings. The first-order valence-electron chi connectivity index (χ1n) is 15.1. The fourth-order valence-corrected chi connectivity index (χ4v) is 6.20. The lowest BCUT2D eigenvalue weighted by molar-refractivity contribution is 0.282. The summed E-state index contributed by atoms with van der Waals surface area (Å²) in [6.07, 6.45) is 11.2. The molecule has 42 heavy (non-hydrogen) atoms. The molecule has 2 aliphatic rings. The Bertz CT molecular complexity index is 1720. The zero-order valence-electron chi connectivity index (χ0n) is 24.3. The van der Waals surface area contributed by atoms with Gasteiger partial charge in [-0.25, -0.2) is 15.0 Å². The van der Waals surface area contributed by atoms with Crippen molar-refractivity contribution in [3.8, 4) is 11.3 Å². The lowest BCUT2D eigenvalue weighted by Gasteiger charge is -2.33. The number of benzene rings is 2. The van der Waals surface area contributed by atoms with Gasteiger partial charge in [0.15, 0.2) is 11.5 Å². The maximum atomic E-state index is 10.7. The zero-order chi connectivity index (χ0) is 28.6. The predicted molar refractivity (Wildman–Crippen MR) is 169 cm³/mol. The quantitative estimate of drug-likeness (QED) is 0.219. The number of anilines is 4. The number of pyridine rings is 1. The Morgan fingerprint density at radius 1 is 1.02 bits per heavy atom. The minimum atomic E-state index is -0.0708. The van der Waals surface area contributed by atoms with Crippen LogP contribution in [0.3, 0.4) is 0 Å². The van der Waals surface area contributed by atoms with Crippen molar-refractivity contribution in [2.24, 2.45) is 0 Å². The van der Waals surface area contributed by atoms with Crippen molar-refractivity contribution in [3.63, 3.8) is 0 Å². The van der Waals surface area contributed by atoms with Gasteiger partial charge >= 0.3 is 0 Å². The summed E-state index contributed by atoms with van der Waals surface area (Å²) < 4.78 is 1.98. The summed E-state index contributed by atoms with van der Waals surface area (Å²) in [5.74, 6) is 2.36. The van der Waals surface area contributed by atoms with Crippen LogP contribution in [0.15, 0.2) is 73.3 Å². The number of nitrogens with zero attached hydrogens (tertiary/aromatic N) is 6. The zero-order valence-corrected chi connectivity index (χ0v) is 24.3. The van der Waals surface area contributed by atoms with E-state index in [0.29, 0.717) is 5.82 Å². The van der Waals surface area contributed by atoms with E-state index in [0.717, 1.165) is 78.2 Å². The molecule has 214 valence electrons. The Kier molecular flexibility index (Phi) is 6.99. The van der Waals surface area contributed by atoms with Crippen LogP contribution in [-0.4, -0.2) is 44.1 Å². The molecule has 1 aliphatic heterocycles. The summed E-state index contributed by atoms with van der Waals surface area (Å²) >= 11 is 0. The molecular formula is C34H37N7O. The van der Waals surface area contributed by atoms with Crippen molar-refractivity contribution in [1.82, 2.24) is 19.4 Å². The number of nitrogens with one attached hydrogen (secondary N) is 1. The lowest BCUT2D eigenvalue weighted by Crippen LogP contribution is -2.31. The molecule has 1 saturated carbocycles. The third-order valence-electron chi connectivity index (χ3n) is 8.69. The third-order valence-corrected chi connectivity index (χ3v) is 8.69. The minimum Gasteiger partial charge on any atom is -0.392 e. The first-order chi connectivity index (χ1) is 20.6. The lowest BCUT2D eigenvalue weighted by atomic mass is 9.94. The highest BCUT2D eigenvalue weighted by Gasteiger charge is 2.26. The van der Waals surface area contributed by atoms with E-state index in [1.54, 1.807) is 6.20 Å². The van der Waals surface area contributed by atoms with Crippen LogP contribution in [0.1, 0.15) is 54.9 Å². The Morgan fingerprint density at radius 3 is 2.67 bits per heavy atom. The smallest absolute Gasteiger partial charge is 0.180 e. The number of rotatable bonds is 9. The van der Waals surface area contributed by atoms with Crippen molar-refractivity contribution in [2.45, 2.75) is 52.2 Å². The van der Waals surface area contributed by atoms with E-state index < -0.39 is 0 Å². The molecule has 0 amide bonds. The van der Waals surface area contributed by atoms with Crippen LogP contribution in [-0.2, 0) is 19.6 Å². The Morgan fingerprint density at radius 2 is 1.90 bits per heavy atom. The fourth-order valence-electron chi connectivity index (χ4n) is 6.20. The Balaban J connectivity index is 1.21. The molecule has 0 spiro atoms. The van der Waals surface area contributed by atoms with E-state index in [4.69, 9.17) is 4.98 Å². The second-order valence-electron chi connectivity index (χ2n) is 11.3. The van der Waals surface area contributed by atoms with E-state index in [1.165, 1.54) is 29.5 Å². The highest BCUT2D eigenvalue weighted by atomic mass is 16.3. The summed E-state index contributed by atoms with van der Waals surface area (Å²) in [6, 6.07) is 17.3. The molecule has 7 rings (SSSR count). The number of fused-ring (bicyclic) bond motifs is 2. The third kappa shape index (κ3) is 4.96. The van der Waals surface area contributed by atoms with Crippen molar-refractivity contribution in [3.05, 3.63) is 95.6 Å². The molecule has 8 nitrogen and oxygen atoms in total. The minimum absolute atomic E-state index is 0.0708. The molecule has 8 heteroatoms. The molecule has 3 aromatic heterocycles. The van der Waals surface area contributed by atoms with E-state index in [1.807, 2.05) is 41.2 Å². The van der Waals surface area contributed by atoms with Gasteiger partial charge in [0.05, 0.1) is 24.2 Å². The molecule has 5 aromatic rings. The molecule has 2 N–H and O–H groups in total. The summed E-state index contributed by atoms with van der Waals surface area (Å²) in [6.45, 7) is 7.78. The van der Waals surface area contributed by atoms with Gasteiger partial charge in [-0.15, -0.1) is 0 Å². The van der Waals surface area contributed by atoms with Gasteiger partial charge in [0, 0.05) is 61.6 Å². The van der Waals surface area contributed by atoms with Crippen LogP contribution >= 0.6 is 0 Å². The van der Waals surface area contributed by atoms with Gasteiger partial charge in [0.2, 0.25) is 0 Å². The fraction of sp³-hybridized carbons (Fsp3) is 0.324. The first-order valence-corrected chi connectivity index (χ1v) is 15.1. The summed E-state index contributed by atoms with van der Waals surface area (Å²) in [7, 11) is 0. The van der Waals surface area contributed by atoms with Gasteiger partial charge in [-0.2, -0.15) is 0 Å². The van der Waals surface area contributed by atoms with Gasteiger partial charge in [-0.05, 0) is 73.9 Å². The van der Waals surface area contributed by atoms with E-state index in [-0.39, 0.29) is 6.61 Å². The maximum Gasteiger partial charge on any atom is 0.180 e. The molecule has 0 atom stereocenters. The topological polar surface area (TPSA) is 81.8 Å². The highest BCUT2D eigenvalue weighted by molar-refractivity contribution is 5.77. The van der Waals surface area contributed by atoms with Crippen LogP contribution in [0.25, 0.3) is 16.9 Å². The van der Waals surface area contributed by atoms with Gasteiger partial charge in [-0.3, -0.25) is 0 Å². The molecular weight excluding hydrogens is 522 g/mol. The molecule has 0 unspecified atom stereocenters. The summed E-state index contributed by atoms with van der Waals surface area (Å²) in [4.78, 5) is 18.8. The summed E-state index contributed by atoms with van der Waals surface area (Å²) in [5.41, 5.74) is 9.56. The molecule has 1 aliphatic carbocycles. The standard InChI is InChI=1S/C34H37N7O/c1-3-39(4-2)32-13-12-27(19-36-32)37-33-34-35-15-17-41(34)21-30(38-33)28-6-5-7-31(29(28)22-42)40-16-14-25-18-24(23-8-9-23)10-11-26(25)20-40/h5-7,10-13,15,17-19,21,23,42H,3-4,8-9,14,16,20,22H2,1-2H3,(H,37,38). The molecule has 0 saturated heterocycles. The van der Waals surface area contributed by atoms with Gasteiger partial charge in [0.1, 0.15) is 5.82 Å². The van der Waals surface area contributed by atoms with Crippen molar-refractivity contribution in [2.75, 3.05) is 34.8 Å². The Hall–Kier alpha value is -4.43. The molecule has 4 heterocycles.